The molecule has 1 N–H and O–H groups in total. The number of ether oxygens (including phenoxy) is 1. The Morgan fingerprint density at radius 1 is 1.33 bits per heavy atom. The van der Waals surface area contributed by atoms with Gasteiger partial charge in [-0.25, -0.2) is 4.79 Å². The van der Waals surface area contributed by atoms with E-state index < -0.39 is 5.97 Å². The molecule has 59 valence electrons. The molecule has 0 unspecified atom stereocenters. The van der Waals surface area contributed by atoms with E-state index in [-0.39, 0.29) is 35.3 Å². The van der Waals surface area contributed by atoms with Gasteiger partial charge in [0.25, 0.3) is 0 Å². The largest absolute Gasteiger partial charge is 0.508 e. The summed E-state index contributed by atoms with van der Waals surface area (Å²) in [5, 5.41) is 8.86. The molecule has 0 atom stereocenters. The van der Waals surface area contributed by atoms with Crippen LogP contribution in [0.3, 0.4) is 0 Å². The second kappa shape index (κ2) is 5.19. The molecule has 4 heteroatoms. The molecule has 3 nitrogen and oxygen atoms in total. The number of esters is 1. The summed E-state index contributed by atoms with van der Waals surface area (Å²) in [6.45, 7) is 0. The van der Waals surface area contributed by atoms with Gasteiger partial charge < -0.3 is 9.84 Å². The summed E-state index contributed by atoms with van der Waals surface area (Å²) >= 11 is 0. The van der Waals surface area contributed by atoms with Crippen molar-refractivity contribution in [2.75, 3.05) is 7.11 Å². The van der Waals surface area contributed by atoms with Crippen LogP contribution in [0, 0.1) is 0 Å². The zero-order valence-corrected chi connectivity index (χ0v) is 9.07. The van der Waals surface area contributed by atoms with Gasteiger partial charge in [0.15, 0.2) is 0 Å². The first-order valence-electron chi connectivity index (χ1n) is 3.11. The van der Waals surface area contributed by atoms with Crippen LogP contribution in [0.15, 0.2) is 24.3 Å². The van der Waals surface area contributed by atoms with E-state index in [1.54, 1.807) is 0 Å². The van der Waals surface area contributed by atoms with Gasteiger partial charge in [0.2, 0.25) is 0 Å². The van der Waals surface area contributed by atoms with Crippen LogP contribution in [0.4, 0.5) is 0 Å². The van der Waals surface area contributed by atoms with E-state index in [9.17, 15) is 4.79 Å². The Kier molecular flexibility index (Phi) is 4.97. The van der Waals surface area contributed by atoms with E-state index in [2.05, 4.69) is 4.74 Å². The average molecular weight is 175 g/mol. The molecule has 1 aromatic rings. The number of aromatic hydroxyl groups is 1. The Balaban J connectivity index is 0.00000121. The molecule has 0 spiro atoms. The van der Waals surface area contributed by atoms with Gasteiger partial charge in [-0.1, -0.05) is 0 Å². The van der Waals surface area contributed by atoms with Crippen LogP contribution in [-0.2, 0) is 4.74 Å². The topological polar surface area (TPSA) is 46.5 Å². The minimum atomic E-state index is -0.398. The third-order valence-corrected chi connectivity index (χ3v) is 1.29. The SMILES string of the molecule is COC(=O)c1ccc(O)cc1.[Na]. The minimum Gasteiger partial charge on any atom is -0.508 e. The molecule has 0 saturated carbocycles. The van der Waals surface area contributed by atoms with E-state index in [0.717, 1.165) is 0 Å². The fourth-order valence-electron chi connectivity index (χ4n) is 0.715. The summed E-state index contributed by atoms with van der Waals surface area (Å²) in [5.41, 5.74) is 0.435. The molecule has 0 aliphatic heterocycles. The maximum Gasteiger partial charge on any atom is 0.337 e. The maximum absolute atomic E-state index is 10.8. The molecule has 0 aliphatic carbocycles. The van der Waals surface area contributed by atoms with Crippen molar-refractivity contribution in [1.29, 1.82) is 0 Å². The second-order valence-corrected chi connectivity index (χ2v) is 2.04. The molecular weight excluding hydrogens is 167 g/mol. The van der Waals surface area contributed by atoms with E-state index in [4.69, 9.17) is 5.11 Å². The molecule has 0 saturated heterocycles. The van der Waals surface area contributed by atoms with Gasteiger partial charge in [0.1, 0.15) is 5.75 Å². The van der Waals surface area contributed by atoms with Crippen LogP contribution in [0.5, 0.6) is 5.75 Å². The summed E-state index contributed by atoms with van der Waals surface area (Å²) in [5.74, 6) is -0.261. The van der Waals surface area contributed by atoms with Gasteiger partial charge >= 0.3 is 5.97 Å². The van der Waals surface area contributed by atoms with Crippen LogP contribution in [0.25, 0.3) is 0 Å². The van der Waals surface area contributed by atoms with Crippen LogP contribution < -0.4 is 0 Å². The molecule has 0 bridgehead atoms. The molecule has 1 rings (SSSR count). The summed E-state index contributed by atoms with van der Waals surface area (Å²) < 4.78 is 4.46. The number of hydrogen-bond acceptors (Lipinski definition) is 3. The summed E-state index contributed by atoms with van der Waals surface area (Å²) in [7, 11) is 1.31. The molecule has 0 aromatic heterocycles. The van der Waals surface area contributed by atoms with Crippen molar-refractivity contribution in [2.24, 2.45) is 0 Å². The Labute approximate surface area is 92.6 Å². The number of carbonyl (C=O) groups excluding carboxylic acids is 1. The van der Waals surface area contributed by atoms with Gasteiger partial charge in [0.05, 0.1) is 12.7 Å². The summed E-state index contributed by atoms with van der Waals surface area (Å²) in [6, 6.07) is 5.88. The second-order valence-electron chi connectivity index (χ2n) is 2.04. The van der Waals surface area contributed by atoms with E-state index in [0.29, 0.717) is 5.56 Å². The van der Waals surface area contributed by atoms with Crippen molar-refractivity contribution in [2.45, 2.75) is 0 Å². The number of phenols is 1. The Bertz CT molecular complexity index is 256. The first-order chi connectivity index (χ1) is 5.24. The maximum atomic E-state index is 10.8. The Hall–Kier alpha value is -0.510. The number of rotatable bonds is 1. The van der Waals surface area contributed by atoms with Gasteiger partial charge in [-0.3, -0.25) is 0 Å². The number of benzene rings is 1. The molecular formula is C8H8NaO3. The first kappa shape index (κ1) is 11.5. The molecule has 0 fully saturated rings. The monoisotopic (exact) mass is 175 g/mol. The normalized spacial score (nSPS) is 8.42. The van der Waals surface area contributed by atoms with Crippen LogP contribution >= 0.6 is 0 Å². The van der Waals surface area contributed by atoms with Crippen LogP contribution in [0.1, 0.15) is 10.4 Å². The molecule has 0 heterocycles. The molecule has 0 amide bonds. The van der Waals surface area contributed by atoms with E-state index >= 15 is 0 Å². The van der Waals surface area contributed by atoms with Crippen molar-refractivity contribution in [3.63, 3.8) is 0 Å². The van der Waals surface area contributed by atoms with Crippen molar-refractivity contribution in [1.82, 2.24) is 0 Å². The fourth-order valence-corrected chi connectivity index (χ4v) is 0.715. The predicted octanol–water partition coefficient (Wildman–Crippen LogP) is 0.798. The first-order valence-corrected chi connectivity index (χ1v) is 3.11. The third kappa shape index (κ3) is 2.85. The number of phenolic OH excluding ortho intramolecular Hbond substituents is 1. The zero-order valence-electron chi connectivity index (χ0n) is 7.07. The van der Waals surface area contributed by atoms with Crippen molar-refractivity contribution < 1.29 is 14.6 Å². The zero-order chi connectivity index (χ0) is 8.27. The van der Waals surface area contributed by atoms with Crippen molar-refractivity contribution >= 4 is 35.5 Å². The quantitative estimate of drug-likeness (QED) is 0.507. The molecule has 1 aromatic carbocycles. The molecule has 0 aliphatic rings. The van der Waals surface area contributed by atoms with Gasteiger partial charge in [-0.05, 0) is 24.3 Å². The van der Waals surface area contributed by atoms with E-state index in [1.165, 1.54) is 31.4 Å². The third-order valence-electron chi connectivity index (χ3n) is 1.29. The summed E-state index contributed by atoms with van der Waals surface area (Å²) in [4.78, 5) is 10.8. The number of methoxy groups -OCH3 is 1. The predicted molar refractivity (Wildman–Crippen MR) is 45.2 cm³/mol. The summed E-state index contributed by atoms with van der Waals surface area (Å²) in [6.07, 6.45) is 0. The molecule has 12 heavy (non-hydrogen) atoms. The Morgan fingerprint density at radius 2 is 1.83 bits per heavy atom. The standard InChI is InChI=1S/C8H8O3.Na/c1-11-8(10)6-2-4-7(9)5-3-6;/h2-5,9H,1H3;. The minimum absolute atomic E-state index is 0. The van der Waals surface area contributed by atoms with Crippen molar-refractivity contribution in [3.05, 3.63) is 29.8 Å². The van der Waals surface area contributed by atoms with Gasteiger partial charge in [-0.2, -0.15) is 0 Å². The van der Waals surface area contributed by atoms with Crippen molar-refractivity contribution in [3.8, 4) is 5.75 Å². The van der Waals surface area contributed by atoms with Crippen LogP contribution in [0.2, 0.25) is 0 Å². The smallest absolute Gasteiger partial charge is 0.337 e. The van der Waals surface area contributed by atoms with Crippen LogP contribution in [-0.4, -0.2) is 47.7 Å². The van der Waals surface area contributed by atoms with Gasteiger partial charge in [0, 0.05) is 29.6 Å². The molecule has 1 radical (unpaired) electrons. The number of carbonyl (C=O) groups is 1. The number of hydrogen-bond donors (Lipinski definition) is 1. The Morgan fingerprint density at radius 3 is 2.25 bits per heavy atom. The average Bonchev–Trinajstić information content (AvgIpc) is 2.05. The van der Waals surface area contributed by atoms with Gasteiger partial charge in [-0.15, -0.1) is 0 Å². The fraction of sp³-hybridized carbons (Fsp3) is 0.125. The van der Waals surface area contributed by atoms with E-state index in [1.807, 2.05) is 0 Å².